The van der Waals surface area contributed by atoms with Gasteiger partial charge in [0.15, 0.2) is 5.82 Å². The van der Waals surface area contributed by atoms with Crippen molar-refractivity contribution in [3.05, 3.63) is 5.82 Å². The van der Waals surface area contributed by atoms with Crippen LogP contribution in [-0.4, -0.2) is 20.2 Å². The Bertz CT molecular complexity index is 274. The van der Waals surface area contributed by atoms with Gasteiger partial charge in [0.1, 0.15) is 0 Å². The lowest BCUT2D eigenvalue weighted by molar-refractivity contribution is 0.369. The Labute approximate surface area is 96.0 Å². The van der Waals surface area contributed by atoms with Crippen molar-refractivity contribution in [3.63, 3.8) is 0 Å². The van der Waals surface area contributed by atoms with Crippen LogP contribution in [0, 0.1) is 0 Å². The van der Waals surface area contributed by atoms with E-state index in [1.54, 1.807) is 0 Å². The molecule has 5 heteroatoms. The van der Waals surface area contributed by atoms with Crippen molar-refractivity contribution in [3.8, 4) is 0 Å². The van der Waals surface area contributed by atoms with E-state index in [9.17, 15) is 0 Å². The molecule has 0 N–H and O–H groups in total. The average Bonchev–Trinajstić information content (AvgIpc) is 2.72. The van der Waals surface area contributed by atoms with Gasteiger partial charge >= 0.3 is 0 Å². The molecule has 0 radical (unpaired) electrons. The van der Waals surface area contributed by atoms with Crippen molar-refractivity contribution < 1.29 is 0 Å². The van der Waals surface area contributed by atoms with E-state index >= 15 is 0 Å². The van der Waals surface area contributed by atoms with Gasteiger partial charge in [0.05, 0.1) is 11.9 Å². The van der Waals surface area contributed by atoms with Gasteiger partial charge < -0.3 is 0 Å². The van der Waals surface area contributed by atoms with Crippen LogP contribution < -0.4 is 0 Å². The monoisotopic (exact) mass is 230 g/mol. The Balaban J connectivity index is 2.69. The Morgan fingerprint density at radius 1 is 1.27 bits per heavy atom. The van der Waals surface area contributed by atoms with E-state index < -0.39 is 0 Å². The van der Waals surface area contributed by atoms with Crippen molar-refractivity contribution in [1.29, 1.82) is 0 Å². The van der Waals surface area contributed by atoms with Gasteiger partial charge in [-0.15, -0.1) is 16.7 Å². The van der Waals surface area contributed by atoms with Crippen LogP contribution in [0.5, 0.6) is 0 Å². The van der Waals surface area contributed by atoms with E-state index in [1.807, 2.05) is 4.68 Å². The second-order valence-corrected chi connectivity index (χ2v) is 4.03. The normalized spacial score (nSPS) is 13.0. The van der Waals surface area contributed by atoms with Crippen molar-refractivity contribution in [1.82, 2.24) is 20.2 Å². The molecule has 0 aliphatic heterocycles. The summed E-state index contributed by atoms with van der Waals surface area (Å²) >= 11 is 5.79. The van der Waals surface area contributed by atoms with E-state index in [4.69, 9.17) is 11.6 Å². The van der Waals surface area contributed by atoms with Crippen LogP contribution in [0.4, 0.5) is 0 Å². The minimum Gasteiger partial charge on any atom is -0.225 e. The van der Waals surface area contributed by atoms with Crippen LogP contribution in [0.15, 0.2) is 0 Å². The zero-order chi connectivity index (χ0) is 11.1. The summed E-state index contributed by atoms with van der Waals surface area (Å²) in [5.41, 5.74) is 0. The maximum atomic E-state index is 5.79. The fourth-order valence-electron chi connectivity index (χ4n) is 1.75. The molecule has 0 spiro atoms. The molecule has 0 aliphatic carbocycles. The van der Waals surface area contributed by atoms with E-state index in [2.05, 4.69) is 29.4 Å². The summed E-state index contributed by atoms with van der Waals surface area (Å²) in [5.74, 6) is 1.17. The zero-order valence-corrected chi connectivity index (χ0v) is 10.2. The summed E-state index contributed by atoms with van der Waals surface area (Å²) in [6.07, 6.45) is 5.83. The zero-order valence-electron chi connectivity index (χ0n) is 9.49. The molecular weight excluding hydrogens is 212 g/mol. The highest BCUT2D eigenvalue weighted by Gasteiger charge is 2.15. The number of aromatic nitrogens is 4. The lowest BCUT2D eigenvalue weighted by Crippen LogP contribution is -2.13. The topological polar surface area (TPSA) is 43.6 Å². The van der Waals surface area contributed by atoms with Crippen LogP contribution in [0.25, 0.3) is 0 Å². The number of hydrogen-bond donors (Lipinski definition) is 0. The quantitative estimate of drug-likeness (QED) is 0.677. The number of rotatable bonds is 7. The van der Waals surface area contributed by atoms with Gasteiger partial charge in [-0.3, -0.25) is 0 Å². The van der Waals surface area contributed by atoms with Crippen molar-refractivity contribution >= 4 is 11.6 Å². The fourth-order valence-corrected chi connectivity index (χ4v) is 1.92. The average molecular weight is 231 g/mol. The lowest BCUT2D eigenvalue weighted by Gasteiger charge is -2.16. The molecule has 1 unspecified atom stereocenters. The van der Waals surface area contributed by atoms with Gasteiger partial charge in [-0.1, -0.05) is 33.1 Å². The first-order valence-electron chi connectivity index (χ1n) is 5.66. The third-order valence-corrected chi connectivity index (χ3v) is 2.78. The summed E-state index contributed by atoms with van der Waals surface area (Å²) in [7, 11) is 0. The Hall–Kier alpha value is -0.640. The van der Waals surface area contributed by atoms with E-state index in [1.165, 1.54) is 12.8 Å². The van der Waals surface area contributed by atoms with Gasteiger partial charge in [-0.25, -0.2) is 4.68 Å². The molecule has 0 fully saturated rings. The van der Waals surface area contributed by atoms with Gasteiger partial charge in [0.2, 0.25) is 0 Å². The van der Waals surface area contributed by atoms with Crippen molar-refractivity contribution in [2.75, 3.05) is 0 Å². The van der Waals surface area contributed by atoms with E-state index in [0.29, 0.717) is 11.9 Å². The SMILES string of the molecule is CCCCC(CCC)n1nnnc1CCl. The van der Waals surface area contributed by atoms with Gasteiger partial charge in [-0.05, 0) is 23.3 Å². The number of tetrazole rings is 1. The molecule has 0 amide bonds. The highest BCUT2D eigenvalue weighted by Crippen LogP contribution is 2.21. The molecule has 4 nitrogen and oxygen atoms in total. The minimum absolute atomic E-state index is 0.388. The molecule has 86 valence electrons. The highest BCUT2D eigenvalue weighted by atomic mass is 35.5. The molecular formula is C10H19ClN4. The summed E-state index contributed by atoms with van der Waals surface area (Å²) in [5, 5.41) is 11.6. The third-order valence-electron chi connectivity index (χ3n) is 2.54. The van der Waals surface area contributed by atoms with E-state index in [-0.39, 0.29) is 0 Å². The van der Waals surface area contributed by atoms with Gasteiger partial charge in [0.25, 0.3) is 0 Å². The molecule has 1 aromatic rings. The van der Waals surface area contributed by atoms with Gasteiger partial charge in [-0.2, -0.15) is 0 Å². The van der Waals surface area contributed by atoms with Crippen LogP contribution in [0.2, 0.25) is 0 Å². The first kappa shape index (κ1) is 12.4. The molecule has 0 saturated heterocycles. The molecule has 0 saturated carbocycles. The van der Waals surface area contributed by atoms with Crippen LogP contribution >= 0.6 is 11.6 Å². The molecule has 15 heavy (non-hydrogen) atoms. The predicted octanol–water partition coefficient (Wildman–Crippen LogP) is 2.94. The summed E-state index contributed by atoms with van der Waals surface area (Å²) < 4.78 is 1.90. The van der Waals surface area contributed by atoms with E-state index in [0.717, 1.165) is 25.1 Å². The maximum absolute atomic E-state index is 5.79. The highest BCUT2D eigenvalue weighted by molar-refractivity contribution is 6.16. The predicted molar refractivity (Wildman–Crippen MR) is 60.8 cm³/mol. The molecule has 0 aromatic carbocycles. The Morgan fingerprint density at radius 3 is 2.67 bits per heavy atom. The van der Waals surface area contributed by atoms with Gasteiger partial charge in [0, 0.05) is 0 Å². The molecule has 1 rings (SSSR count). The molecule has 1 atom stereocenters. The Morgan fingerprint density at radius 2 is 2.07 bits per heavy atom. The molecule has 0 bridgehead atoms. The second-order valence-electron chi connectivity index (χ2n) is 3.76. The van der Waals surface area contributed by atoms with Crippen LogP contribution in [-0.2, 0) is 5.88 Å². The largest absolute Gasteiger partial charge is 0.225 e. The number of alkyl halides is 1. The second kappa shape index (κ2) is 6.77. The summed E-state index contributed by atoms with van der Waals surface area (Å²) in [6, 6.07) is 0.415. The number of unbranched alkanes of at least 4 members (excludes halogenated alkanes) is 1. The summed E-state index contributed by atoms with van der Waals surface area (Å²) in [4.78, 5) is 0. The molecule has 0 aliphatic rings. The fraction of sp³-hybridized carbons (Fsp3) is 0.900. The number of nitrogens with zero attached hydrogens (tertiary/aromatic N) is 4. The number of halogens is 1. The lowest BCUT2D eigenvalue weighted by atomic mass is 10.1. The number of hydrogen-bond acceptors (Lipinski definition) is 3. The molecule has 1 aromatic heterocycles. The standard InChI is InChI=1S/C10H19ClN4/c1-3-5-7-9(6-4-2)15-10(8-11)12-13-14-15/h9H,3-8H2,1-2H3. The molecule has 1 heterocycles. The minimum atomic E-state index is 0.388. The van der Waals surface area contributed by atoms with Crippen LogP contribution in [0.1, 0.15) is 57.8 Å². The summed E-state index contributed by atoms with van der Waals surface area (Å²) in [6.45, 7) is 4.38. The first-order chi connectivity index (χ1) is 7.33. The Kier molecular flexibility index (Phi) is 5.61. The van der Waals surface area contributed by atoms with Crippen LogP contribution in [0.3, 0.4) is 0 Å². The smallest absolute Gasteiger partial charge is 0.166 e. The van der Waals surface area contributed by atoms with Crippen molar-refractivity contribution in [2.45, 2.75) is 57.9 Å². The van der Waals surface area contributed by atoms with Crippen molar-refractivity contribution in [2.24, 2.45) is 0 Å². The first-order valence-corrected chi connectivity index (χ1v) is 6.19. The third kappa shape index (κ3) is 3.45. The maximum Gasteiger partial charge on any atom is 0.166 e.